The van der Waals surface area contributed by atoms with Gasteiger partial charge in [-0.2, -0.15) is 0 Å². The lowest BCUT2D eigenvalue weighted by atomic mass is 10.0. The molecule has 76 valence electrons. The van der Waals surface area contributed by atoms with Gasteiger partial charge in [0.1, 0.15) is 0 Å². The highest BCUT2D eigenvalue weighted by atomic mass is 79.9. The van der Waals surface area contributed by atoms with E-state index in [4.69, 9.17) is 0 Å². The van der Waals surface area contributed by atoms with Crippen LogP contribution >= 0.6 is 15.9 Å². The van der Waals surface area contributed by atoms with Crippen molar-refractivity contribution in [3.8, 4) is 0 Å². The van der Waals surface area contributed by atoms with Crippen molar-refractivity contribution in [3.05, 3.63) is 69.7 Å². The number of rotatable bonds is 2. The molecule has 0 aliphatic heterocycles. The highest BCUT2D eigenvalue weighted by Gasteiger charge is 1.96. The zero-order valence-electron chi connectivity index (χ0n) is 8.70. The molecule has 0 atom stereocenters. The highest BCUT2D eigenvalue weighted by molar-refractivity contribution is 9.10. The van der Waals surface area contributed by atoms with Crippen molar-refractivity contribution in [1.82, 2.24) is 0 Å². The Labute approximate surface area is 99.1 Å². The van der Waals surface area contributed by atoms with Crippen LogP contribution in [0.25, 0.3) is 0 Å². The predicted molar refractivity (Wildman–Crippen MR) is 68.1 cm³/mol. The van der Waals surface area contributed by atoms with Crippen molar-refractivity contribution in [2.75, 3.05) is 0 Å². The summed E-state index contributed by atoms with van der Waals surface area (Å²) in [6, 6.07) is 17.2. The van der Waals surface area contributed by atoms with E-state index in [2.05, 4.69) is 71.4 Å². The van der Waals surface area contributed by atoms with Crippen LogP contribution in [-0.4, -0.2) is 0 Å². The normalized spacial score (nSPS) is 10.3. The van der Waals surface area contributed by atoms with Crippen LogP contribution in [0.1, 0.15) is 16.7 Å². The molecule has 15 heavy (non-hydrogen) atoms. The molecule has 0 saturated carbocycles. The van der Waals surface area contributed by atoms with E-state index in [0.29, 0.717) is 0 Å². The van der Waals surface area contributed by atoms with Crippen LogP contribution in [0.5, 0.6) is 0 Å². The lowest BCUT2D eigenvalue weighted by Gasteiger charge is -2.03. The van der Waals surface area contributed by atoms with Gasteiger partial charge in [0, 0.05) is 4.47 Å². The molecule has 0 unspecified atom stereocenters. The van der Waals surface area contributed by atoms with Crippen LogP contribution in [0.2, 0.25) is 0 Å². The molecule has 0 saturated heterocycles. The van der Waals surface area contributed by atoms with Crippen LogP contribution in [0.4, 0.5) is 0 Å². The molecule has 0 nitrogen and oxygen atoms in total. The molecule has 2 aromatic rings. The summed E-state index contributed by atoms with van der Waals surface area (Å²) in [5.41, 5.74) is 4.05. The predicted octanol–water partition coefficient (Wildman–Crippen LogP) is 4.35. The van der Waals surface area contributed by atoms with Gasteiger partial charge in [-0.1, -0.05) is 57.9 Å². The van der Waals surface area contributed by atoms with Gasteiger partial charge in [-0.05, 0) is 36.6 Å². The maximum atomic E-state index is 3.44. The topological polar surface area (TPSA) is 0 Å². The van der Waals surface area contributed by atoms with E-state index in [1.807, 2.05) is 0 Å². The summed E-state index contributed by atoms with van der Waals surface area (Å²) in [6.07, 6.45) is 1.01. The molecule has 1 heteroatoms. The minimum atomic E-state index is 1.01. The highest BCUT2D eigenvalue weighted by Crippen LogP contribution is 2.14. The molecule has 0 spiro atoms. The van der Waals surface area contributed by atoms with E-state index < -0.39 is 0 Å². The van der Waals surface area contributed by atoms with Gasteiger partial charge in [0.05, 0.1) is 0 Å². The molecule has 2 aromatic carbocycles. The lowest BCUT2D eigenvalue weighted by molar-refractivity contribution is 1.18. The smallest absolute Gasteiger partial charge is 0.0175 e. The van der Waals surface area contributed by atoms with Crippen molar-refractivity contribution in [2.45, 2.75) is 13.3 Å². The Bertz CT molecular complexity index is 443. The fourth-order valence-electron chi connectivity index (χ4n) is 1.66. The SMILES string of the molecule is Cc1cccc(Cc2ccc(Br)cc2)c1. The first-order valence-corrected chi connectivity index (χ1v) is 5.83. The van der Waals surface area contributed by atoms with Crippen molar-refractivity contribution in [2.24, 2.45) is 0 Å². The third-order valence-corrected chi connectivity index (χ3v) is 2.93. The Morgan fingerprint density at radius 3 is 2.33 bits per heavy atom. The van der Waals surface area contributed by atoms with E-state index in [1.165, 1.54) is 16.7 Å². The van der Waals surface area contributed by atoms with Crippen molar-refractivity contribution in [1.29, 1.82) is 0 Å². The second kappa shape index (κ2) is 4.63. The largest absolute Gasteiger partial charge is 0.0617 e. The lowest BCUT2D eigenvalue weighted by Crippen LogP contribution is -1.88. The van der Waals surface area contributed by atoms with E-state index in [-0.39, 0.29) is 0 Å². The second-order valence-corrected chi connectivity index (χ2v) is 4.71. The minimum Gasteiger partial charge on any atom is -0.0617 e. The third kappa shape index (κ3) is 2.93. The van der Waals surface area contributed by atoms with E-state index in [0.717, 1.165) is 10.9 Å². The summed E-state index contributed by atoms with van der Waals surface area (Å²) in [7, 11) is 0. The van der Waals surface area contributed by atoms with Crippen LogP contribution in [-0.2, 0) is 6.42 Å². The number of hydrogen-bond donors (Lipinski definition) is 0. The van der Waals surface area contributed by atoms with Crippen molar-refractivity contribution in [3.63, 3.8) is 0 Å². The summed E-state index contributed by atoms with van der Waals surface area (Å²) in [4.78, 5) is 0. The van der Waals surface area contributed by atoms with Gasteiger partial charge in [0.25, 0.3) is 0 Å². The van der Waals surface area contributed by atoms with Crippen LogP contribution in [0, 0.1) is 6.92 Å². The molecule has 0 aliphatic carbocycles. The molecule has 0 fully saturated rings. The number of benzene rings is 2. The first-order valence-electron chi connectivity index (χ1n) is 5.04. The molecule has 0 radical (unpaired) electrons. The average Bonchev–Trinajstić information content (AvgIpc) is 2.22. The summed E-state index contributed by atoms with van der Waals surface area (Å²) in [5.74, 6) is 0. The Balaban J connectivity index is 2.18. The molecule has 0 amide bonds. The Morgan fingerprint density at radius 1 is 0.933 bits per heavy atom. The van der Waals surface area contributed by atoms with Crippen LogP contribution < -0.4 is 0 Å². The summed E-state index contributed by atoms with van der Waals surface area (Å²) in [6.45, 7) is 2.13. The second-order valence-electron chi connectivity index (χ2n) is 3.79. The summed E-state index contributed by atoms with van der Waals surface area (Å²) < 4.78 is 1.13. The van der Waals surface area contributed by atoms with Gasteiger partial charge in [0.15, 0.2) is 0 Å². The van der Waals surface area contributed by atoms with Crippen LogP contribution in [0.15, 0.2) is 53.0 Å². The molecule has 2 rings (SSSR count). The fourth-order valence-corrected chi connectivity index (χ4v) is 1.92. The molecular weight excluding hydrogens is 248 g/mol. The first kappa shape index (κ1) is 10.4. The third-order valence-electron chi connectivity index (χ3n) is 2.40. The molecule has 0 aromatic heterocycles. The monoisotopic (exact) mass is 260 g/mol. The quantitative estimate of drug-likeness (QED) is 0.754. The first-order chi connectivity index (χ1) is 7.24. The Kier molecular flexibility index (Phi) is 3.22. The Hall–Kier alpha value is -1.08. The molecular formula is C14H13Br. The van der Waals surface area contributed by atoms with E-state index in [9.17, 15) is 0 Å². The van der Waals surface area contributed by atoms with Crippen molar-refractivity contribution >= 4 is 15.9 Å². The van der Waals surface area contributed by atoms with Gasteiger partial charge in [-0.3, -0.25) is 0 Å². The van der Waals surface area contributed by atoms with Gasteiger partial charge < -0.3 is 0 Å². The molecule has 0 aliphatic rings. The molecule has 0 N–H and O–H groups in total. The Morgan fingerprint density at radius 2 is 1.67 bits per heavy atom. The van der Waals surface area contributed by atoms with E-state index in [1.54, 1.807) is 0 Å². The number of halogens is 1. The van der Waals surface area contributed by atoms with Crippen molar-refractivity contribution < 1.29 is 0 Å². The standard InChI is InChI=1S/C14H13Br/c1-11-3-2-4-13(9-11)10-12-5-7-14(15)8-6-12/h2-9H,10H2,1H3. The maximum absolute atomic E-state index is 3.44. The van der Waals surface area contributed by atoms with Gasteiger partial charge in [-0.25, -0.2) is 0 Å². The zero-order valence-corrected chi connectivity index (χ0v) is 10.3. The van der Waals surface area contributed by atoms with Gasteiger partial charge >= 0.3 is 0 Å². The molecule has 0 heterocycles. The van der Waals surface area contributed by atoms with Gasteiger partial charge in [0.2, 0.25) is 0 Å². The fraction of sp³-hybridized carbons (Fsp3) is 0.143. The van der Waals surface area contributed by atoms with Crippen LogP contribution in [0.3, 0.4) is 0 Å². The zero-order chi connectivity index (χ0) is 10.7. The number of hydrogen-bond acceptors (Lipinski definition) is 0. The summed E-state index contributed by atoms with van der Waals surface area (Å²) >= 11 is 3.44. The number of aryl methyl sites for hydroxylation is 1. The summed E-state index contributed by atoms with van der Waals surface area (Å²) in [5, 5.41) is 0. The van der Waals surface area contributed by atoms with Gasteiger partial charge in [-0.15, -0.1) is 0 Å². The maximum Gasteiger partial charge on any atom is 0.0175 e. The average molecular weight is 261 g/mol. The minimum absolute atomic E-state index is 1.01. The van der Waals surface area contributed by atoms with E-state index >= 15 is 0 Å². The molecule has 0 bridgehead atoms.